The van der Waals surface area contributed by atoms with Gasteiger partial charge >= 0.3 is 17.9 Å². The number of hydrogen-bond acceptors (Lipinski definition) is 9. The van der Waals surface area contributed by atoms with Crippen LogP contribution in [0.4, 0.5) is 5.69 Å². The fourth-order valence-electron chi connectivity index (χ4n) is 4.63. The third-order valence-corrected chi connectivity index (χ3v) is 6.37. The summed E-state index contributed by atoms with van der Waals surface area (Å²) in [5.74, 6) is -0.388. The predicted octanol–water partition coefficient (Wildman–Crippen LogP) is 3.51. The normalized spacial score (nSPS) is 25.3. The number of hydrogen-bond donors (Lipinski definition) is 1. The molecular weight excluding hydrogens is 478 g/mol. The molecule has 2 aromatic rings. The minimum Gasteiger partial charge on any atom is -0.464 e. The first-order chi connectivity index (χ1) is 16.8. The van der Waals surface area contributed by atoms with Gasteiger partial charge in [0, 0.05) is 56.3 Å². The maximum atomic E-state index is 11.8. The average Bonchev–Trinajstić information content (AvgIpc) is 3.22. The molecule has 0 amide bonds. The second-order valence-corrected chi connectivity index (χ2v) is 8.90. The van der Waals surface area contributed by atoms with Crippen molar-refractivity contribution in [3.8, 4) is 5.75 Å². The number of benzene rings is 2. The zero-order valence-electron chi connectivity index (χ0n) is 19.7. The quantitative estimate of drug-likeness (QED) is 0.343. The molecule has 2 aliphatic rings. The molecule has 1 N–H and O–H groups in total. The number of ether oxygens (including phenoxy) is 5. The van der Waals surface area contributed by atoms with E-state index in [2.05, 4.69) is 5.32 Å². The number of nitrogens with one attached hydrogen (secondary N) is 1. The summed E-state index contributed by atoms with van der Waals surface area (Å²) in [5, 5.41) is 5.30. The minimum absolute atomic E-state index is 0.108. The van der Waals surface area contributed by atoms with Gasteiger partial charge in [0.05, 0.1) is 6.42 Å². The smallest absolute Gasteiger partial charge is 0.303 e. The number of alkyl halides is 1. The number of carbonyl (C=O) groups is 3. The van der Waals surface area contributed by atoms with Crippen molar-refractivity contribution in [1.82, 2.24) is 0 Å². The molecule has 10 heteroatoms. The first kappa shape index (κ1) is 25.1. The van der Waals surface area contributed by atoms with Gasteiger partial charge in [-0.15, -0.1) is 11.6 Å². The van der Waals surface area contributed by atoms with Gasteiger partial charge in [0.1, 0.15) is 24.6 Å². The van der Waals surface area contributed by atoms with Crippen molar-refractivity contribution >= 4 is 46.0 Å². The number of carbonyl (C=O) groups excluding carboxylic acids is 3. The molecule has 1 saturated heterocycles. The molecule has 0 aliphatic carbocycles. The van der Waals surface area contributed by atoms with Crippen LogP contribution in [0, 0.1) is 0 Å². The molecule has 2 heterocycles. The van der Waals surface area contributed by atoms with Crippen molar-refractivity contribution in [2.24, 2.45) is 0 Å². The van der Waals surface area contributed by atoms with E-state index in [-0.39, 0.29) is 18.9 Å². The Morgan fingerprint density at radius 2 is 1.77 bits per heavy atom. The van der Waals surface area contributed by atoms with Crippen LogP contribution in [0.15, 0.2) is 30.3 Å². The maximum absolute atomic E-state index is 11.8. The Morgan fingerprint density at radius 3 is 2.43 bits per heavy atom. The lowest BCUT2D eigenvalue weighted by Gasteiger charge is -2.40. The van der Waals surface area contributed by atoms with E-state index in [1.54, 1.807) is 0 Å². The lowest BCUT2D eigenvalue weighted by Crippen LogP contribution is -2.54. The topological polar surface area (TPSA) is 109 Å². The second kappa shape index (κ2) is 10.7. The highest BCUT2D eigenvalue weighted by atomic mass is 35.5. The van der Waals surface area contributed by atoms with Crippen molar-refractivity contribution in [3.05, 3.63) is 35.9 Å². The highest BCUT2D eigenvalue weighted by molar-refractivity contribution is 6.18. The summed E-state index contributed by atoms with van der Waals surface area (Å²) in [7, 11) is 0. The van der Waals surface area contributed by atoms with Crippen LogP contribution in [0.5, 0.6) is 5.75 Å². The van der Waals surface area contributed by atoms with Gasteiger partial charge in [0.2, 0.25) is 6.29 Å². The van der Waals surface area contributed by atoms with Crippen LogP contribution in [0.2, 0.25) is 0 Å². The SMILES string of the molecule is CC(=O)OC[C@H]1O[C@@H](Oc2cc3c(c4ccccc24)[C@H](CCl)CN3)C[C@@H](OC(C)=O)[C@H]1OC(C)=O. The third kappa shape index (κ3) is 5.62. The van der Waals surface area contributed by atoms with Gasteiger partial charge in [-0.2, -0.15) is 0 Å². The van der Waals surface area contributed by atoms with Crippen LogP contribution in [0.3, 0.4) is 0 Å². The molecule has 0 aromatic heterocycles. The summed E-state index contributed by atoms with van der Waals surface area (Å²) < 4.78 is 28.3. The lowest BCUT2D eigenvalue weighted by atomic mass is 9.95. The fraction of sp³-hybridized carbons (Fsp3) is 0.480. The average molecular weight is 506 g/mol. The van der Waals surface area contributed by atoms with Crippen LogP contribution in [-0.4, -0.2) is 61.5 Å². The molecule has 188 valence electrons. The molecule has 2 aliphatic heterocycles. The van der Waals surface area contributed by atoms with Crippen molar-refractivity contribution in [2.45, 2.75) is 57.7 Å². The van der Waals surface area contributed by atoms with Gasteiger partial charge in [-0.1, -0.05) is 24.3 Å². The van der Waals surface area contributed by atoms with E-state index in [0.29, 0.717) is 11.6 Å². The Bertz CT molecular complexity index is 1120. The Hall–Kier alpha value is -3.04. The van der Waals surface area contributed by atoms with Gasteiger partial charge in [-0.25, -0.2) is 0 Å². The van der Waals surface area contributed by atoms with Gasteiger partial charge in [-0.05, 0) is 10.9 Å². The summed E-state index contributed by atoms with van der Waals surface area (Å²) in [6, 6.07) is 9.77. The molecule has 0 saturated carbocycles. The zero-order chi connectivity index (χ0) is 25.1. The molecule has 0 radical (unpaired) electrons. The van der Waals surface area contributed by atoms with Gasteiger partial charge in [-0.3, -0.25) is 14.4 Å². The molecule has 0 bridgehead atoms. The number of fused-ring (bicyclic) bond motifs is 3. The number of esters is 3. The van der Waals surface area contributed by atoms with E-state index >= 15 is 0 Å². The van der Waals surface area contributed by atoms with Crippen molar-refractivity contribution in [3.63, 3.8) is 0 Å². The van der Waals surface area contributed by atoms with Crippen LogP contribution in [0.1, 0.15) is 38.7 Å². The molecule has 35 heavy (non-hydrogen) atoms. The lowest BCUT2D eigenvalue weighted by molar-refractivity contribution is -0.245. The van der Waals surface area contributed by atoms with Crippen LogP contribution < -0.4 is 10.1 Å². The summed E-state index contributed by atoms with van der Waals surface area (Å²) in [5.41, 5.74) is 2.08. The highest BCUT2D eigenvalue weighted by Crippen LogP contribution is 2.43. The standard InChI is InChI=1S/C25H28ClNO8/c1-13(28)31-12-22-25(33-15(3)30)21(32-14(2)29)9-23(35-22)34-20-8-19-24(16(10-26)11-27-19)18-7-5-4-6-17(18)20/h4-8,16,21-23,25,27H,9-12H2,1-3H3/t16-,21-,22-,23-,25-/m1/s1. The Labute approximate surface area is 207 Å². The number of halogens is 1. The molecule has 0 spiro atoms. The first-order valence-corrected chi connectivity index (χ1v) is 12.0. The van der Waals surface area contributed by atoms with E-state index in [1.165, 1.54) is 20.8 Å². The summed E-state index contributed by atoms with van der Waals surface area (Å²) in [4.78, 5) is 35.0. The Balaban J connectivity index is 1.65. The first-order valence-electron chi connectivity index (χ1n) is 11.4. The molecule has 1 fully saturated rings. The van der Waals surface area contributed by atoms with Crippen LogP contribution in [0.25, 0.3) is 10.8 Å². The van der Waals surface area contributed by atoms with Gasteiger partial charge in [0.25, 0.3) is 0 Å². The largest absolute Gasteiger partial charge is 0.464 e. The Morgan fingerprint density at radius 1 is 1.06 bits per heavy atom. The fourth-order valence-corrected chi connectivity index (χ4v) is 4.89. The minimum atomic E-state index is -0.960. The highest BCUT2D eigenvalue weighted by Gasteiger charge is 2.44. The van der Waals surface area contributed by atoms with E-state index in [0.717, 1.165) is 28.6 Å². The molecule has 0 unspecified atom stereocenters. The monoisotopic (exact) mass is 505 g/mol. The second-order valence-electron chi connectivity index (χ2n) is 8.60. The molecule has 2 aromatic carbocycles. The van der Waals surface area contributed by atoms with E-state index < -0.39 is 42.5 Å². The summed E-state index contributed by atoms with van der Waals surface area (Å²) in [6.45, 7) is 4.31. The summed E-state index contributed by atoms with van der Waals surface area (Å²) in [6.07, 6.45) is -3.46. The van der Waals surface area contributed by atoms with Gasteiger partial charge < -0.3 is 29.0 Å². The van der Waals surface area contributed by atoms with Crippen molar-refractivity contribution in [2.75, 3.05) is 24.3 Å². The van der Waals surface area contributed by atoms with Gasteiger partial charge in [0.15, 0.2) is 6.10 Å². The number of anilines is 1. The zero-order valence-corrected chi connectivity index (χ0v) is 20.5. The number of rotatable bonds is 7. The summed E-state index contributed by atoms with van der Waals surface area (Å²) >= 11 is 6.20. The van der Waals surface area contributed by atoms with Crippen LogP contribution >= 0.6 is 11.6 Å². The van der Waals surface area contributed by atoms with Crippen LogP contribution in [-0.2, 0) is 33.3 Å². The maximum Gasteiger partial charge on any atom is 0.303 e. The molecule has 9 nitrogen and oxygen atoms in total. The third-order valence-electron chi connectivity index (χ3n) is 5.99. The van der Waals surface area contributed by atoms with E-state index in [9.17, 15) is 14.4 Å². The van der Waals surface area contributed by atoms with E-state index in [1.807, 2.05) is 30.3 Å². The molecular formula is C25H28ClNO8. The van der Waals surface area contributed by atoms with Crippen molar-refractivity contribution in [1.29, 1.82) is 0 Å². The molecule has 4 rings (SSSR count). The Kier molecular flexibility index (Phi) is 7.66. The molecule has 5 atom stereocenters. The van der Waals surface area contributed by atoms with Crippen molar-refractivity contribution < 1.29 is 38.1 Å². The predicted molar refractivity (Wildman–Crippen MR) is 128 cm³/mol. The van der Waals surface area contributed by atoms with E-state index in [4.69, 9.17) is 35.3 Å².